The first-order chi connectivity index (χ1) is 14.9. The van der Waals surface area contributed by atoms with E-state index in [1.807, 2.05) is 75.5 Å². The van der Waals surface area contributed by atoms with Crippen molar-refractivity contribution in [2.24, 2.45) is 0 Å². The molecular weight excluding hydrogens is 426 g/mol. The lowest BCUT2D eigenvalue weighted by Gasteiger charge is -2.16. The average Bonchev–Trinajstić information content (AvgIpc) is 3.21. The predicted octanol–water partition coefficient (Wildman–Crippen LogP) is 5.41. The van der Waals surface area contributed by atoms with Gasteiger partial charge < -0.3 is 5.32 Å². The fourth-order valence-corrected chi connectivity index (χ4v) is 5.06. The fraction of sp³-hybridized carbons (Fsp3) is 0.208. The van der Waals surface area contributed by atoms with E-state index in [4.69, 9.17) is 4.98 Å². The third kappa shape index (κ3) is 4.16. The summed E-state index contributed by atoms with van der Waals surface area (Å²) in [5.41, 5.74) is 6.34. The Hall–Kier alpha value is -2.90. The van der Waals surface area contributed by atoms with Crippen LogP contribution in [0.5, 0.6) is 0 Å². The number of hydrogen-bond donors (Lipinski definition) is 1. The number of benzene rings is 2. The largest absolute Gasteiger partial charge is 0.325 e. The number of thioether (sulfide) groups is 1. The van der Waals surface area contributed by atoms with Crippen LogP contribution in [-0.4, -0.2) is 21.2 Å². The number of carbonyl (C=O) groups is 1. The Morgan fingerprint density at radius 1 is 1.03 bits per heavy atom. The molecule has 0 saturated carbocycles. The van der Waals surface area contributed by atoms with E-state index in [2.05, 4.69) is 5.32 Å². The van der Waals surface area contributed by atoms with Crippen LogP contribution in [0.15, 0.2) is 57.8 Å². The van der Waals surface area contributed by atoms with Crippen molar-refractivity contribution in [2.75, 3.05) is 11.1 Å². The van der Waals surface area contributed by atoms with Crippen LogP contribution in [-0.2, 0) is 4.79 Å². The second kappa shape index (κ2) is 8.69. The normalized spacial score (nSPS) is 11.1. The van der Waals surface area contributed by atoms with Crippen LogP contribution in [0.3, 0.4) is 0 Å². The van der Waals surface area contributed by atoms with Gasteiger partial charge in [0.25, 0.3) is 5.56 Å². The summed E-state index contributed by atoms with van der Waals surface area (Å²) < 4.78 is 2.25. The summed E-state index contributed by atoms with van der Waals surface area (Å²) in [6, 6.07) is 13.6. The van der Waals surface area contributed by atoms with Crippen molar-refractivity contribution in [3.8, 4) is 5.69 Å². The summed E-state index contributed by atoms with van der Waals surface area (Å²) >= 11 is 2.66. The highest BCUT2D eigenvalue weighted by Gasteiger charge is 2.18. The summed E-state index contributed by atoms with van der Waals surface area (Å²) in [6.07, 6.45) is 0. The summed E-state index contributed by atoms with van der Waals surface area (Å²) in [6.45, 7) is 7.96. The van der Waals surface area contributed by atoms with Crippen LogP contribution in [0, 0.1) is 27.7 Å². The third-order valence-corrected chi connectivity index (χ3v) is 7.17. The number of nitrogens with zero attached hydrogens (tertiary/aromatic N) is 2. The number of para-hydroxylation sites is 1. The maximum Gasteiger partial charge on any atom is 0.276 e. The minimum atomic E-state index is -0.130. The van der Waals surface area contributed by atoms with Crippen molar-refractivity contribution in [2.45, 2.75) is 32.9 Å². The number of fused-ring (bicyclic) bond motifs is 1. The first-order valence-corrected chi connectivity index (χ1v) is 11.8. The van der Waals surface area contributed by atoms with Crippen molar-refractivity contribution in [3.05, 3.63) is 80.5 Å². The predicted molar refractivity (Wildman–Crippen MR) is 130 cm³/mol. The maximum absolute atomic E-state index is 13.3. The number of thiophene rings is 1. The number of aryl methyl sites for hydroxylation is 3. The fourth-order valence-electron chi connectivity index (χ4n) is 3.50. The SMILES string of the molecule is Cc1cccc(-n2c(SCC(=O)Nc3c(C)cccc3C)nc3ccsc3c2=O)c1C. The molecule has 4 rings (SSSR count). The quantitative estimate of drug-likeness (QED) is 0.327. The highest BCUT2D eigenvalue weighted by Crippen LogP contribution is 2.26. The lowest BCUT2D eigenvalue weighted by atomic mass is 10.1. The maximum atomic E-state index is 13.3. The Labute approximate surface area is 189 Å². The molecule has 2 aromatic heterocycles. The van der Waals surface area contributed by atoms with Gasteiger partial charge in [-0.3, -0.25) is 14.2 Å². The Morgan fingerprint density at radius 3 is 2.45 bits per heavy atom. The highest BCUT2D eigenvalue weighted by molar-refractivity contribution is 7.99. The van der Waals surface area contributed by atoms with E-state index in [-0.39, 0.29) is 17.2 Å². The van der Waals surface area contributed by atoms with E-state index >= 15 is 0 Å². The van der Waals surface area contributed by atoms with Crippen LogP contribution in [0.2, 0.25) is 0 Å². The zero-order valence-corrected chi connectivity index (χ0v) is 19.5. The second-order valence-corrected chi connectivity index (χ2v) is 9.35. The molecule has 2 aromatic carbocycles. The average molecular weight is 450 g/mol. The van der Waals surface area contributed by atoms with Gasteiger partial charge in [0.1, 0.15) is 4.70 Å². The highest BCUT2D eigenvalue weighted by atomic mass is 32.2. The molecule has 0 fully saturated rings. The van der Waals surface area contributed by atoms with Gasteiger partial charge in [0.05, 0.1) is 17.0 Å². The van der Waals surface area contributed by atoms with Crippen molar-refractivity contribution < 1.29 is 4.79 Å². The molecule has 1 N–H and O–H groups in total. The van der Waals surface area contributed by atoms with E-state index in [0.29, 0.717) is 15.4 Å². The molecule has 0 aliphatic carbocycles. The van der Waals surface area contributed by atoms with Crippen molar-refractivity contribution in [3.63, 3.8) is 0 Å². The topological polar surface area (TPSA) is 64.0 Å². The van der Waals surface area contributed by atoms with E-state index in [9.17, 15) is 9.59 Å². The first-order valence-electron chi connectivity index (χ1n) is 9.92. The van der Waals surface area contributed by atoms with Crippen molar-refractivity contribution in [1.29, 1.82) is 0 Å². The molecule has 2 heterocycles. The van der Waals surface area contributed by atoms with E-state index < -0.39 is 0 Å². The smallest absolute Gasteiger partial charge is 0.276 e. The van der Waals surface area contributed by atoms with Gasteiger partial charge in [-0.2, -0.15) is 0 Å². The lowest BCUT2D eigenvalue weighted by Crippen LogP contribution is -2.23. The number of rotatable bonds is 5. The van der Waals surface area contributed by atoms with Crippen LogP contribution in [0.25, 0.3) is 15.9 Å². The molecule has 0 spiro atoms. The van der Waals surface area contributed by atoms with E-state index in [0.717, 1.165) is 33.6 Å². The van der Waals surface area contributed by atoms with E-state index in [1.165, 1.54) is 23.1 Å². The Bertz CT molecular complexity index is 1330. The number of nitrogens with one attached hydrogen (secondary N) is 1. The number of aromatic nitrogens is 2. The van der Waals surface area contributed by atoms with Gasteiger partial charge in [-0.25, -0.2) is 4.98 Å². The van der Waals surface area contributed by atoms with Crippen molar-refractivity contribution >= 4 is 44.9 Å². The van der Waals surface area contributed by atoms with Gasteiger partial charge in [-0.15, -0.1) is 11.3 Å². The summed E-state index contributed by atoms with van der Waals surface area (Å²) in [4.78, 5) is 30.7. The van der Waals surface area contributed by atoms with Gasteiger partial charge in [0, 0.05) is 5.69 Å². The number of carbonyl (C=O) groups excluding carboxylic acids is 1. The number of anilines is 1. The standard InChI is InChI=1S/C24H23N3O2S2/c1-14-7-6-10-19(17(14)4)27-23(29)22-18(11-12-30-22)25-24(27)31-13-20(28)26-21-15(2)8-5-9-16(21)3/h5-12H,13H2,1-4H3,(H,26,28). The van der Waals surface area contributed by atoms with Crippen LogP contribution in [0.4, 0.5) is 5.69 Å². The molecule has 0 aliphatic rings. The van der Waals surface area contributed by atoms with Crippen LogP contribution in [0.1, 0.15) is 22.3 Å². The van der Waals surface area contributed by atoms with Gasteiger partial charge in [-0.1, -0.05) is 42.1 Å². The van der Waals surface area contributed by atoms with Crippen molar-refractivity contribution in [1.82, 2.24) is 9.55 Å². The van der Waals surface area contributed by atoms with Gasteiger partial charge >= 0.3 is 0 Å². The molecule has 1 amide bonds. The zero-order valence-electron chi connectivity index (χ0n) is 17.9. The molecule has 0 aliphatic heterocycles. The second-order valence-electron chi connectivity index (χ2n) is 7.49. The molecular formula is C24H23N3O2S2. The first kappa shape index (κ1) is 21.3. The lowest BCUT2D eigenvalue weighted by molar-refractivity contribution is -0.113. The third-order valence-electron chi connectivity index (χ3n) is 5.34. The molecule has 0 saturated heterocycles. The van der Waals surface area contributed by atoms with Crippen LogP contribution < -0.4 is 10.9 Å². The molecule has 0 atom stereocenters. The Morgan fingerprint density at radius 2 is 1.71 bits per heavy atom. The number of amides is 1. The zero-order chi connectivity index (χ0) is 22.1. The molecule has 7 heteroatoms. The summed E-state index contributed by atoms with van der Waals surface area (Å²) in [5.74, 6) is 0.0235. The minimum absolute atomic E-state index is 0.105. The molecule has 31 heavy (non-hydrogen) atoms. The molecule has 158 valence electrons. The molecule has 4 aromatic rings. The monoisotopic (exact) mass is 449 g/mol. The van der Waals surface area contributed by atoms with Gasteiger partial charge in [0.2, 0.25) is 5.91 Å². The Kier molecular flexibility index (Phi) is 5.98. The summed E-state index contributed by atoms with van der Waals surface area (Å²) in [7, 11) is 0. The molecule has 0 bridgehead atoms. The van der Waals surface area contributed by atoms with E-state index in [1.54, 1.807) is 4.57 Å². The molecule has 0 unspecified atom stereocenters. The summed E-state index contributed by atoms with van der Waals surface area (Å²) in [5, 5.41) is 5.39. The van der Waals surface area contributed by atoms with Gasteiger partial charge in [-0.05, 0) is 67.5 Å². The molecule has 5 nitrogen and oxygen atoms in total. The van der Waals surface area contributed by atoms with Gasteiger partial charge in [0.15, 0.2) is 5.16 Å². The number of hydrogen-bond acceptors (Lipinski definition) is 5. The van der Waals surface area contributed by atoms with Crippen LogP contribution >= 0.6 is 23.1 Å². The molecule has 0 radical (unpaired) electrons. The Balaban J connectivity index is 1.70. The minimum Gasteiger partial charge on any atom is -0.325 e.